The van der Waals surface area contributed by atoms with Gasteiger partial charge in [0.1, 0.15) is 12.4 Å². The number of aryl methyl sites for hydroxylation is 2. The van der Waals surface area contributed by atoms with E-state index in [1.807, 2.05) is 0 Å². The molecule has 3 heteroatoms. The minimum Gasteiger partial charge on any atom is -0.492 e. The fourth-order valence-electron chi connectivity index (χ4n) is 3.35. The lowest BCUT2D eigenvalue weighted by Crippen LogP contribution is -2.41. The molecule has 1 aromatic carbocycles. The Balaban J connectivity index is 1.83. The van der Waals surface area contributed by atoms with Gasteiger partial charge in [-0.15, -0.1) is 0 Å². The topological polar surface area (TPSA) is 32.7 Å². The zero-order valence-corrected chi connectivity index (χ0v) is 13.5. The van der Waals surface area contributed by atoms with Crippen LogP contribution in [0, 0.1) is 13.8 Å². The third-order valence-corrected chi connectivity index (χ3v) is 4.32. The van der Waals surface area contributed by atoms with E-state index < -0.39 is 0 Å². The summed E-state index contributed by atoms with van der Waals surface area (Å²) in [5, 5.41) is 9.27. The summed E-state index contributed by atoms with van der Waals surface area (Å²) in [7, 11) is 0. The first-order valence-corrected chi connectivity index (χ1v) is 8.25. The van der Waals surface area contributed by atoms with Crippen LogP contribution < -0.4 is 4.74 Å². The van der Waals surface area contributed by atoms with Crippen LogP contribution in [0.2, 0.25) is 0 Å². The van der Waals surface area contributed by atoms with Crippen molar-refractivity contribution < 1.29 is 9.84 Å². The van der Waals surface area contributed by atoms with E-state index in [0.717, 1.165) is 18.8 Å². The first-order chi connectivity index (χ1) is 10.2. The number of nitrogens with zero attached hydrogens (tertiary/aromatic N) is 1. The Bertz CT molecular complexity index is 407. The highest BCUT2D eigenvalue weighted by Gasteiger charge is 2.20. The highest BCUT2D eigenvalue weighted by molar-refractivity contribution is 5.32. The summed E-state index contributed by atoms with van der Waals surface area (Å²) in [5.74, 6) is 0.958. The van der Waals surface area contributed by atoms with Gasteiger partial charge in [-0.1, -0.05) is 25.3 Å². The van der Waals surface area contributed by atoms with Crippen molar-refractivity contribution in [2.24, 2.45) is 0 Å². The van der Waals surface area contributed by atoms with Gasteiger partial charge in [0.25, 0.3) is 0 Å². The summed E-state index contributed by atoms with van der Waals surface area (Å²) < 4.78 is 5.91. The minimum atomic E-state index is 0.236. The van der Waals surface area contributed by atoms with Gasteiger partial charge in [0, 0.05) is 19.1 Å². The predicted molar refractivity (Wildman–Crippen MR) is 86.9 cm³/mol. The van der Waals surface area contributed by atoms with Gasteiger partial charge in [0.2, 0.25) is 0 Å². The van der Waals surface area contributed by atoms with Gasteiger partial charge in [-0.25, -0.2) is 0 Å². The van der Waals surface area contributed by atoms with Crippen molar-refractivity contribution in [2.45, 2.75) is 52.0 Å². The lowest BCUT2D eigenvalue weighted by Gasteiger charge is -2.33. The van der Waals surface area contributed by atoms with Crippen LogP contribution in [0.15, 0.2) is 18.2 Å². The van der Waals surface area contributed by atoms with E-state index in [9.17, 15) is 5.11 Å². The molecule has 1 aromatic rings. The van der Waals surface area contributed by atoms with Crippen LogP contribution in [0.3, 0.4) is 0 Å². The fourth-order valence-corrected chi connectivity index (χ4v) is 3.35. The molecule has 1 N–H and O–H groups in total. The molecule has 0 bridgehead atoms. The molecule has 21 heavy (non-hydrogen) atoms. The van der Waals surface area contributed by atoms with Crippen molar-refractivity contribution >= 4 is 0 Å². The Morgan fingerprint density at radius 1 is 1.05 bits per heavy atom. The Kier molecular flexibility index (Phi) is 6.52. The predicted octanol–water partition coefficient (Wildman–Crippen LogP) is 3.31. The maximum absolute atomic E-state index is 9.27. The minimum absolute atomic E-state index is 0.236. The molecule has 0 unspecified atom stereocenters. The molecule has 118 valence electrons. The van der Waals surface area contributed by atoms with Gasteiger partial charge in [-0.05, 0) is 49.9 Å². The maximum atomic E-state index is 9.27. The van der Waals surface area contributed by atoms with Gasteiger partial charge in [-0.2, -0.15) is 0 Å². The van der Waals surface area contributed by atoms with E-state index in [2.05, 4.69) is 36.9 Å². The molecule has 0 aromatic heterocycles. The van der Waals surface area contributed by atoms with Gasteiger partial charge in [-0.3, -0.25) is 4.90 Å². The Morgan fingerprint density at radius 3 is 2.33 bits per heavy atom. The molecule has 1 aliphatic rings. The zero-order valence-electron chi connectivity index (χ0n) is 13.5. The van der Waals surface area contributed by atoms with Crippen molar-refractivity contribution in [1.82, 2.24) is 4.90 Å². The quantitative estimate of drug-likeness (QED) is 0.836. The summed E-state index contributed by atoms with van der Waals surface area (Å²) in [6.07, 6.45) is 6.55. The highest BCUT2D eigenvalue weighted by Crippen LogP contribution is 2.22. The maximum Gasteiger partial charge on any atom is 0.119 e. The van der Waals surface area contributed by atoms with E-state index in [-0.39, 0.29) is 6.61 Å². The monoisotopic (exact) mass is 291 g/mol. The van der Waals surface area contributed by atoms with E-state index in [1.165, 1.54) is 43.2 Å². The molecule has 0 atom stereocenters. The van der Waals surface area contributed by atoms with E-state index in [4.69, 9.17) is 4.74 Å². The van der Waals surface area contributed by atoms with Gasteiger partial charge in [0.05, 0.1) is 6.61 Å². The molecule has 0 saturated heterocycles. The molecule has 0 radical (unpaired) electrons. The molecule has 1 saturated carbocycles. The average Bonchev–Trinajstić information content (AvgIpc) is 2.46. The van der Waals surface area contributed by atoms with Gasteiger partial charge >= 0.3 is 0 Å². The molecule has 2 rings (SSSR count). The van der Waals surface area contributed by atoms with Crippen LogP contribution in [0.5, 0.6) is 5.75 Å². The number of aliphatic hydroxyl groups excluding tert-OH is 1. The lowest BCUT2D eigenvalue weighted by molar-refractivity contribution is 0.106. The normalized spacial score (nSPS) is 16.4. The van der Waals surface area contributed by atoms with Crippen LogP contribution in [-0.2, 0) is 0 Å². The summed E-state index contributed by atoms with van der Waals surface area (Å²) in [6, 6.07) is 6.97. The van der Waals surface area contributed by atoms with E-state index >= 15 is 0 Å². The standard InChI is InChI=1S/C18H29NO2/c1-15-12-16(2)14-18(13-15)21-11-9-19(8-10-20)17-6-4-3-5-7-17/h12-14,17,20H,3-11H2,1-2H3. The second-order valence-electron chi connectivity index (χ2n) is 6.22. The van der Waals surface area contributed by atoms with E-state index in [1.54, 1.807) is 0 Å². The molecule has 1 aliphatic carbocycles. The van der Waals surface area contributed by atoms with Crippen molar-refractivity contribution in [3.05, 3.63) is 29.3 Å². The second kappa shape index (κ2) is 8.40. The van der Waals surface area contributed by atoms with E-state index in [0.29, 0.717) is 12.6 Å². The Labute approximate surface area is 128 Å². The third-order valence-electron chi connectivity index (χ3n) is 4.32. The Morgan fingerprint density at radius 2 is 1.71 bits per heavy atom. The molecular formula is C18H29NO2. The molecule has 0 aliphatic heterocycles. The lowest BCUT2D eigenvalue weighted by atomic mass is 9.94. The third kappa shape index (κ3) is 5.33. The summed E-state index contributed by atoms with van der Waals surface area (Å²) in [6.45, 7) is 6.79. The molecule has 3 nitrogen and oxygen atoms in total. The molecule has 0 heterocycles. The summed E-state index contributed by atoms with van der Waals surface area (Å²) in [5.41, 5.74) is 2.48. The largest absolute Gasteiger partial charge is 0.492 e. The molecule has 0 amide bonds. The van der Waals surface area contributed by atoms with Gasteiger partial charge < -0.3 is 9.84 Å². The number of aliphatic hydroxyl groups is 1. The molecule has 0 spiro atoms. The number of benzene rings is 1. The van der Waals surface area contributed by atoms with Gasteiger partial charge in [0.15, 0.2) is 0 Å². The number of rotatable bonds is 7. The van der Waals surface area contributed by atoms with Crippen molar-refractivity contribution in [3.8, 4) is 5.75 Å². The molecular weight excluding hydrogens is 262 g/mol. The van der Waals surface area contributed by atoms with Crippen LogP contribution in [-0.4, -0.2) is 42.4 Å². The number of hydrogen-bond donors (Lipinski definition) is 1. The second-order valence-corrected chi connectivity index (χ2v) is 6.22. The van der Waals surface area contributed by atoms with Crippen molar-refractivity contribution in [1.29, 1.82) is 0 Å². The Hall–Kier alpha value is -1.06. The highest BCUT2D eigenvalue weighted by atomic mass is 16.5. The van der Waals surface area contributed by atoms with Crippen molar-refractivity contribution in [3.63, 3.8) is 0 Å². The number of hydrogen-bond acceptors (Lipinski definition) is 3. The van der Waals surface area contributed by atoms with Crippen molar-refractivity contribution in [2.75, 3.05) is 26.3 Å². The van der Waals surface area contributed by atoms with Crippen LogP contribution in [0.4, 0.5) is 0 Å². The first kappa shape index (κ1) is 16.3. The van der Waals surface area contributed by atoms with Crippen LogP contribution in [0.25, 0.3) is 0 Å². The van der Waals surface area contributed by atoms with Crippen LogP contribution in [0.1, 0.15) is 43.2 Å². The summed E-state index contributed by atoms with van der Waals surface area (Å²) in [4.78, 5) is 2.40. The number of ether oxygens (including phenoxy) is 1. The zero-order chi connectivity index (χ0) is 15.1. The SMILES string of the molecule is Cc1cc(C)cc(OCCN(CCO)C2CCCCC2)c1. The smallest absolute Gasteiger partial charge is 0.119 e. The van der Waals surface area contributed by atoms with Crippen LogP contribution >= 0.6 is 0 Å². The molecule has 1 fully saturated rings. The average molecular weight is 291 g/mol. The fraction of sp³-hybridized carbons (Fsp3) is 0.667. The first-order valence-electron chi connectivity index (χ1n) is 8.25. The summed E-state index contributed by atoms with van der Waals surface area (Å²) >= 11 is 0.